The number of rotatable bonds is 2. The highest BCUT2D eigenvalue weighted by atomic mass is 15.2. The van der Waals surface area contributed by atoms with E-state index in [1.165, 1.54) is 35.0 Å². The Labute approximate surface area is 148 Å². The number of aryl methyl sites for hydroxylation is 1. The van der Waals surface area contributed by atoms with E-state index in [1.54, 1.807) is 5.56 Å². The smallest absolute Gasteiger partial charge is 0.0529 e. The second-order valence-electron chi connectivity index (χ2n) is 7.47. The van der Waals surface area contributed by atoms with Gasteiger partial charge in [0, 0.05) is 48.2 Å². The van der Waals surface area contributed by atoms with E-state index >= 15 is 0 Å². The van der Waals surface area contributed by atoms with E-state index in [-0.39, 0.29) is 0 Å². The van der Waals surface area contributed by atoms with Crippen LogP contribution in [-0.2, 0) is 6.42 Å². The highest BCUT2D eigenvalue weighted by Gasteiger charge is 2.40. The van der Waals surface area contributed by atoms with Crippen molar-refractivity contribution in [1.82, 2.24) is 14.5 Å². The molecular formula is C22H23N3. The van der Waals surface area contributed by atoms with Crippen molar-refractivity contribution in [2.45, 2.75) is 38.3 Å². The molecule has 3 heteroatoms. The molecule has 3 nitrogen and oxygen atoms in total. The van der Waals surface area contributed by atoms with Crippen molar-refractivity contribution in [3.8, 4) is 0 Å². The highest BCUT2D eigenvalue weighted by molar-refractivity contribution is 5.90. The Morgan fingerprint density at radius 1 is 1.20 bits per heavy atom. The Kier molecular flexibility index (Phi) is 3.32. The minimum Gasteiger partial charge on any atom is -0.320 e. The first kappa shape index (κ1) is 14.9. The van der Waals surface area contributed by atoms with Crippen molar-refractivity contribution in [2.24, 2.45) is 0 Å². The van der Waals surface area contributed by atoms with Gasteiger partial charge < -0.3 is 4.57 Å². The predicted octanol–water partition coefficient (Wildman–Crippen LogP) is 4.66. The number of pyridine rings is 1. The fraction of sp³-hybridized carbons (Fsp3) is 0.318. The van der Waals surface area contributed by atoms with E-state index in [4.69, 9.17) is 0 Å². The van der Waals surface area contributed by atoms with E-state index in [0.717, 1.165) is 12.0 Å². The zero-order chi connectivity index (χ0) is 17.0. The molecule has 1 aromatic carbocycles. The molecule has 25 heavy (non-hydrogen) atoms. The fourth-order valence-electron chi connectivity index (χ4n) is 4.72. The SMILES string of the molecule is Cc1ccc2c(c1)c1c(n2/C=C/c2cccnc2)C[C@H]2CC[C@@H]1N2C. The number of hydrogen-bond acceptors (Lipinski definition) is 2. The summed E-state index contributed by atoms with van der Waals surface area (Å²) in [5.41, 5.74) is 6.88. The largest absolute Gasteiger partial charge is 0.320 e. The summed E-state index contributed by atoms with van der Waals surface area (Å²) in [5, 5.41) is 1.43. The molecule has 5 rings (SSSR count). The molecule has 2 atom stereocenters. The summed E-state index contributed by atoms with van der Waals surface area (Å²) < 4.78 is 2.43. The van der Waals surface area contributed by atoms with Crippen LogP contribution < -0.4 is 0 Å². The molecule has 126 valence electrons. The second-order valence-corrected chi connectivity index (χ2v) is 7.47. The molecule has 3 aromatic rings. The molecule has 2 aliphatic heterocycles. The van der Waals surface area contributed by atoms with Crippen LogP contribution >= 0.6 is 0 Å². The van der Waals surface area contributed by atoms with Crippen LogP contribution in [0, 0.1) is 6.92 Å². The number of aromatic nitrogens is 2. The predicted molar refractivity (Wildman–Crippen MR) is 103 cm³/mol. The van der Waals surface area contributed by atoms with E-state index in [2.05, 4.69) is 65.0 Å². The van der Waals surface area contributed by atoms with Crippen molar-refractivity contribution in [3.63, 3.8) is 0 Å². The van der Waals surface area contributed by atoms with E-state index in [0.29, 0.717) is 12.1 Å². The van der Waals surface area contributed by atoms with Gasteiger partial charge >= 0.3 is 0 Å². The zero-order valence-electron chi connectivity index (χ0n) is 14.8. The van der Waals surface area contributed by atoms with Crippen LogP contribution in [0.1, 0.15) is 41.3 Å². The number of hydrogen-bond donors (Lipinski definition) is 0. The molecule has 0 saturated carbocycles. The van der Waals surface area contributed by atoms with Crippen LogP contribution in [0.5, 0.6) is 0 Å². The molecule has 0 N–H and O–H groups in total. The van der Waals surface area contributed by atoms with E-state index < -0.39 is 0 Å². The van der Waals surface area contributed by atoms with Crippen molar-refractivity contribution < 1.29 is 0 Å². The molecule has 0 radical (unpaired) electrons. The third-order valence-electron chi connectivity index (χ3n) is 6.01. The average Bonchev–Trinajstić information content (AvgIpc) is 3.04. The van der Waals surface area contributed by atoms with Gasteiger partial charge in [-0.05, 0) is 62.2 Å². The van der Waals surface area contributed by atoms with Crippen LogP contribution in [0.25, 0.3) is 23.2 Å². The van der Waals surface area contributed by atoms with Gasteiger partial charge in [-0.1, -0.05) is 17.7 Å². The molecule has 4 heterocycles. The summed E-state index contributed by atoms with van der Waals surface area (Å²) in [4.78, 5) is 6.82. The third kappa shape index (κ3) is 2.26. The summed E-state index contributed by atoms with van der Waals surface area (Å²) in [5.74, 6) is 0. The lowest BCUT2D eigenvalue weighted by Crippen LogP contribution is -2.34. The lowest BCUT2D eigenvalue weighted by molar-refractivity contribution is 0.223. The average molecular weight is 329 g/mol. The number of benzene rings is 1. The Bertz CT molecular complexity index is 968. The van der Waals surface area contributed by atoms with Crippen LogP contribution in [-0.4, -0.2) is 27.5 Å². The zero-order valence-corrected chi connectivity index (χ0v) is 14.8. The van der Waals surface area contributed by atoms with Crippen molar-refractivity contribution in [2.75, 3.05) is 7.05 Å². The van der Waals surface area contributed by atoms with Crippen molar-refractivity contribution in [3.05, 3.63) is 65.1 Å². The fourth-order valence-corrected chi connectivity index (χ4v) is 4.72. The van der Waals surface area contributed by atoms with E-state index in [1.807, 2.05) is 18.5 Å². The molecule has 0 amide bonds. The summed E-state index contributed by atoms with van der Waals surface area (Å²) in [6, 6.07) is 12.2. The van der Waals surface area contributed by atoms with Gasteiger partial charge in [0.2, 0.25) is 0 Å². The van der Waals surface area contributed by atoms with Gasteiger partial charge in [-0.25, -0.2) is 0 Å². The summed E-state index contributed by atoms with van der Waals surface area (Å²) in [7, 11) is 2.30. The lowest BCUT2D eigenvalue weighted by atomic mass is 9.97. The molecule has 1 fully saturated rings. The summed E-state index contributed by atoms with van der Waals surface area (Å²) in [6.07, 6.45) is 11.9. The van der Waals surface area contributed by atoms with Gasteiger partial charge in [0.1, 0.15) is 0 Å². The first-order chi connectivity index (χ1) is 12.2. The number of likely N-dealkylation sites (N-methyl/N-ethyl adjacent to an activating group) is 1. The quantitative estimate of drug-likeness (QED) is 0.681. The molecule has 0 unspecified atom stereocenters. The molecule has 2 aliphatic rings. The van der Waals surface area contributed by atoms with Gasteiger partial charge in [0.25, 0.3) is 0 Å². The Balaban J connectivity index is 1.72. The Hall–Kier alpha value is -2.39. The maximum Gasteiger partial charge on any atom is 0.0529 e. The van der Waals surface area contributed by atoms with Crippen molar-refractivity contribution in [1.29, 1.82) is 0 Å². The molecule has 0 aliphatic carbocycles. The van der Waals surface area contributed by atoms with Gasteiger partial charge in [-0.3, -0.25) is 9.88 Å². The number of nitrogens with zero attached hydrogens (tertiary/aromatic N) is 3. The monoisotopic (exact) mass is 329 g/mol. The van der Waals surface area contributed by atoms with Crippen molar-refractivity contribution >= 4 is 23.2 Å². The normalized spacial score (nSPS) is 22.8. The molecular weight excluding hydrogens is 306 g/mol. The maximum atomic E-state index is 4.22. The molecule has 1 saturated heterocycles. The molecule has 2 aromatic heterocycles. The number of fused-ring (bicyclic) bond motifs is 6. The molecule has 2 bridgehead atoms. The van der Waals surface area contributed by atoms with Crippen LogP contribution in [0.3, 0.4) is 0 Å². The van der Waals surface area contributed by atoms with Crippen LogP contribution in [0.15, 0.2) is 42.7 Å². The topological polar surface area (TPSA) is 21.1 Å². The standard InChI is InChI=1S/C22H23N3/c1-15-5-7-19-18(12-15)22-20-8-6-17(24(20)2)13-21(22)25(19)11-9-16-4-3-10-23-14-16/h3-5,7,9-12,14,17,20H,6,8,13H2,1-2H3/b11-9+/t17-,20+/m1/s1. The minimum atomic E-state index is 0.575. The second kappa shape index (κ2) is 5.57. The first-order valence-electron chi connectivity index (χ1n) is 9.16. The van der Waals surface area contributed by atoms with Crippen LogP contribution in [0.2, 0.25) is 0 Å². The first-order valence-corrected chi connectivity index (χ1v) is 9.16. The lowest BCUT2D eigenvalue weighted by Gasteiger charge is -2.32. The minimum absolute atomic E-state index is 0.575. The summed E-state index contributed by atoms with van der Waals surface area (Å²) in [6.45, 7) is 2.19. The molecule has 0 spiro atoms. The van der Waals surface area contributed by atoms with Gasteiger partial charge in [-0.2, -0.15) is 0 Å². The third-order valence-corrected chi connectivity index (χ3v) is 6.01. The van der Waals surface area contributed by atoms with Gasteiger partial charge in [0.15, 0.2) is 0 Å². The Morgan fingerprint density at radius 3 is 2.96 bits per heavy atom. The van der Waals surface area contributed by atoms with E-state index in [9.17, 15) is 0 Å². The maximum absolute atomic E-state index is 4.22. The Morgan fingerprint density at radius 2 is 2.12 bits per heavy atom. The van der Waals surface area contributed by atoms with Gasteiger partial charge in [-0.15, -0.1) is 0 Å². The summed E-state index contributed by atoms with van der Waals surface area (Å²) >= 11 is 0. The highest BCUT2D eigenvalue weighted by Crippen LogP contribution is 2.47. The van der Waals surface area contributed by atoms with Crippen LogP contribution in [0.4, 0.5) is 0 Å². The van der Waals surface area contributed by atoms with Gasteiger partial charge in [0.05, 0.1) is 5.52 Å².